The highest BCUT2D eigenvalue weighted by Crippen LogP contribution is 2.30. The third-order valence-corrected chi connectivity index (χ3v) is 6.07. The predicted octanol–water partition coefficient (Wildman–Crippen LogP) is 1.77. The Balaban J connectivity index is 1.71. The Kier molecular flexibility index (Phi) is 5.54. The maximum atomic E-state index is 14.6. The molecule has 2 aromatic rings. The first-order valence-corrected chi connectivity index (χ1v) is 10.1. The monoisotopic (exact) mass is 468 g/mol. The van der Waals surface area contributed by atoms with Crippen LogP contribution in [0.3, 0.4) is 0 Å². The van der Waals surface area contributed by atoms with Gasteiger partial charge >= 0.3 is 0 Å². The van der Waals surface area contributed by atoms with Gasteiger partial charge in [0, 0.05) is 42.9 Å². The molecule has 12 heteroatoms. The van der Waals surface area contributed by atoms with Gasteiger partial charge in [-0.3, -0.25) is 24.1 Å². The quantitative estimate of drug-likeness (QED) is 0.670. The smallest absolute Gasteiger partial charge is 0.278 e. The Morgan fingerprint density at radius 1 is 1.18 bits per heavy atom. The average Bonchev–Trinajstić information content (AvgIpc) is 2.83. The highest BCUT2D eigenvalue weighted by molar-refractivity contribution is 5.99. The van der Waals surface area contributed by atoms with E-state index in [1.165, 1.54) is 16.8 Å². The first kappa shape index (κ1) is 22.6. The molecule has 1 aromatic heterocycles. The van der Waals surface area contributed by atoms with E-state index in [-0.39, 0.29) is 13.1 Å². The van der Waals surface area contributed by atoms with Crippen LogP contribution in [0.1, 0.15) is 46.7 Å². The minimum atomic E-state index is -1.35. The van der Waals surface area contributed by atoms with Crippen molar-refractivity contribution in [3.63, 3.8) is 0 Å². The molecular formula is C21H20F4N4O4. The van der Waals surface area contributed by atoms with Gasteiger partial charge in [-0.1, -0.05) is 0 Å². The molecule has 0 unspecified atom stereocenters. The van der Waals surface area contributed by atoms with Gasteiger partial charge in [-0.15, -0.1) is 0 Å². The third-order valence-electron chi connectivity index (χ3n) is 6.07. The molecule has 2 N–H and O–H groups in total. The van der Waals surface area contributed by atoms with Crippen LogP contribution in [-0.2, 0) is 6.54 Å². The molecule has 4 rings (SSSR count). The summed E-state index contributed by atoms with van der Waals surface area (Å²) in [5.41, 5.74) is -2.81. The largest absolute Gasteiger partial charge is 0.502 e. The van der Waals surface area contributed by atoms with Gasteiger partial charge < -0.3 is 15.3 Å². The fourth-order valence-corrected chi connectivity index (χ4v) is 4.09. The van der Waals surface area contributed by atoms with E-state index < -0.39 is 82.1 Å². The van der Waals surface area contributed by atoms with Crippen molar-refractivity contribution in [2.24, 2.45) is 0 Å². The molecule has 176 valence electrons. The van der Waals surface area contributed by atoms with Crippen LogP contribution >= 0.6 is 0 Å². The summed E-state index contributed by atoms with van der Waals surface area (Å²) >= 11 is 0. The predicted molar refractivity (Wildman–Crippen MR) is 108 cm³/mol. The number of fused-ring (bicyclic) bond motifs is 4. The SMILES string of the molecule is C[C@@H]1C[C@H](F)[C@H](C)N2CN1n1cc(C(=O)NCc3c(F)cc(F)cc3F)c(=O)c(O)c1C2=O. The van der Waals surface area contributed by atoms with Crippen molar-refractivity contribution < 1.29 is 32.3 Å². The van der Waals surface area contributed by atoms with E-state index in [1.807, 2.05) is 0 Å². The van der Waals surface area contributed by atoms with Crippen molar-refractivity contribution in [1.29, 1.82) is 0 Å². The van der Waals surface area contributed by atoms with Gasteiger partial charge in [-0.25, -0.2) is 17.6 Å². The lowest BCUT2D eigenvalue weighted by molar-refractivity contribution is 0.0553. The van der Waals surface area contributed by atoms with Crippen molar-refractivity contribution in [3.05, 3.63) is 62.8 Å². The molecule has 2 aliphatic rings. The number of nitrogens with zero attached hydrogens (tertiary/aromatic N) is 3. The topological polar surface area (TPSA) is 94.9 Å². The van der Waals surface area contributed by atoms with Crippen LogP contribution in [0.4, 0.5) is 17.6 Å². The van der Waals surface area contributed by atoms with Gasteiger partial charge in [0.1, 0.15) is 35.9 Å². The molecule has 2 bridgehead atoms. The number of aromatic hydroxyl groups is 1. The van der Waals surface area contributed by atoms with Crippen LogP contribution in [0.25, 0.3) is 0 Å². The van der Waals surface area contributed by atoms with Crippen molar-refractivity contribution in [1.82, 2.24) is 14.9 Å². The molecule has 1 aromatic carbocycles. The number of rotatable bonds is 3. The number of amides is 2. The summed E-state index contributed by atoms with van der Waals surface area (Å²) in [4.78, 5) is 39.4. The summed E-state index contributed by atoms with van der Waals surface area (Å²) in [6, 6.07) is -0.362. The van der Waals surface area contributed by atoms with Crippen molar-refractivity contribution >= 4 is 11.8 Å². The third kappa shape index (κ3) is 3.68. The molecule has 3 heterocycles. The van der Waals surface area contributed by atoms with Crippen molar-refractivity contribution in [2.75, 3.05) is 11.7 Å². The summed E-state index contributed by atoms with van der Waals surface area (Å²) in [6.45, 7) is 2.48. The second-order valence-corrected chi connectivity index (χ2v) is 8.14. The Morgan fingerprint density at radius 2 is 1.82 bits per heavy atom. The van der Waals surface area contributed by atoms with Gasteiger partial charge in [0.2, 0.25) is 5.43 Å². The lowest BCUT2D eigenvalue weighted by Crippen LogP contribution is -2.57. The van der Waals surface area contributed by atoms with Crippen LogP contribution in [-0.4, -0.2) is 51.4 Å². The van der Waals surface area contributed by atoms with E-state index >= 15 is 0 Å². The van der Waals surface area contributed by atoms with Gasteiger partial charge in [0.25, 0.3) is 11.8 Å². The first-order chi connectivity index (χ1) is 15.5. The van der Waals surface area contributed by atoms with Crippen LogP contribution in [0.5, 0.6) is 5.75 Å². The number of aromatic nitrogens is 1. The number of pyridine rings is 1. The van der Waals surface area contributed by atoms with Gasteiger partial charge in [0.05, 0.1) is 6.04 Å². The summed E-state index contributed by atoms with van der Waals surface area (Å²) < 4.78 is 56.5. The summed E-state index contributed by atoms with van der Waals surface area (Å²) in [6.07, 6.45) is -0.262. The zero-order chi connectivity index (χ0) is 24.2. The molecule has 2 amide bonds. The molecule has 33 heavy (non-hydrogen) atoms. The Morgan fingerprint density at radius 3 is 2.45 bits per heavy atom. The van der Waals surface area contributed by atoms with E-state index in [9.17, 15) is 37.1 Å². The second kappa shape index (κ2) is 8.09. The Labute approximate surface area is 185 Å². The number of hydrogen-bond acceptors (Lipinski definition) is 5. The van der Waals surface area contributed by atoms with Crippen LogP contribution < -0.4 is 15.8 Å². The van der Waals surface area contributed by atoms with Crippen molar-refractivity contribution in [2.45, 2.75) is 45.1 Å². The molecule has 3 atom stereocenters. The number of benzene rings is 1. The number of nitrogens with one attached hydrogen (secondary N) is 1. The highest BCUT2D eigenvalue weighted by Gasteiger charge is 2.43. The highest BCUT2D eigenvalue weighted by atomic mass is 19.1. The van der Waals surface area contributed by atoms with Gasteiger partial charge in [0.15, 0.2) is 11.4 Å². The minimum Gasteiger partial charge on any atom is -0.502 e. The zero-order valence-corrected chi connectivity index (χ0v) is 17.6. The van der Waals surface area contributed by atoms with Gasteiger partial charge in [-0.2, -0.15) is 0 Å². The maximum absolute atomic E-state index is 14.6. The summed E-state index contributed by atoms with van der Waals surface area (Å²) in [5.74, 6) is -6.44. The number of carbonyl (C=O) groups is 2. The zero-order valence-electron chi connectivity index (χ0n) is 17.6. The normalized spacial score (nSPS) is 22.1. The molecule has 2 aliphatic heterocycles. The molecule has 0 saturated carbocycles. The van der Waals surface area contributed by atoms with Crippen LogP contribution in [0.15, 0.2) is 23.1 Å². The average molecular weight is 468 g/mol. The molecular weight excluding hydrogens is 448 g/mol. The molecule has 0 aliphatic carbocycles. The number of alkyl halides is 1. The fraction of sp³-hybridized carbons (Fsp3) is 0.381. The number of halogens is 4. The molecule has 8 nitrogen and oxygen atoms in total. The minimum absolute atomic E-state index is 0.0377. The van der Waals surface area contributed by atoms with Crippen LogP contribution in [0.2, 0.25) is 0 Å². The van der Waals surface area contributed by atoms with Gasteiger partial charge in [-0.05, 0) is 13.8 Å². The summed E-state index contributed by atoms with van der Waals surface area (Å²) in [5, 5.41) is 14.2. The Bertz CT molecular complexity index is 1190. The van der Waals surface area contributed by atoms with E-state index in [1.54, 1.807) is 6.92 Å². The Hall–Kier alpha value is -3.57. The fourth-order valence-electron chi connectivity index (χ4n) is 4.09. The standard InChI is InChI=1S/C21H20F4N4O4/c1-9-3-14(23)10(2)27-8-29(9)28-7-13(18(30)19(31)17(28)21(27)33)20(32)26-6-12-15(24)4-11(22)5-16(12)25/h4-5,7,9-10,14,31H,3,6,8H2,1-2H3,(H,26,32)/t9-,10+,14+/m1/s1. The molecule has 0 radical (unpaired) electrons. The van der Waals surface area contributed by atoms with E-state index in [2.05, 4.69) is 5.32 Å². The van der Waals surface area contributed by atoms with E-state index in [0.717, 1.165) is 10.9 Å². The number of carbonyl (C=O) groups excluding carboxylic acids is 2. The maximum Gasteiger partial charge on any atom is 0.278 e. The molecule has 1 fully saturated rings. The molecule has 1 saturated heterocycles. The lowest BCUT2D eigenvalue weighted by atomic mass is 10.1. The van der Waals surface area contributed by atoms with E-state index in [4.69, 9.17) is 0 Å². The van der Waals surface area contributed by atoms with Crippen molar-refractivity contribution in [3.8, 4) is 5.75 Å². The second-order valence-electron chi connectivity index (χ2n) is 8.14. The molecule has 0 spiro atoms. The number of hydrogen-bond donors (Lipinski definition) is 2. The van der Waals surface area contributed by atoms with E-state index in [0.29, 0.717) is 12.1 Å². The first-order valence-electron chi connectivity index (χ1n) is 10.1. The summed E-state index contributed by atoms with van der Waals surface area (Å²) in [7, 11) is 0. The lowest BCUT2D eigenvalue weighted by Gasteiger charge is -2.41. The van der Waals surface area contributed by atoms with Crippen LogP contribution in [0, 0.1) is 17.5 Å².